The van der Waals surface area contributed by atoms with E-state index in [9.17, 15) is 0 Å². The molecule has 2 rings (SSSR count). The van der Waals surface area contributed by atoms with Gasteiger partial charge >= 0.3 is 0 Å². The van der Waals surface area contributed by atoms with Crippen molar-refractivity contribution in [1.82, 2.24) is 0 Å². The van der Waals surface area contributed by atoms with E-state index >= 15 is 0 Å². The molecule has 1 aliphatic carbocycles. The van der Waals surface area contributed by atoms with Crippen molar-refractivity contribution in [2.45, 2.75) is 31.7 Å². The fourth-order valence-electron chi connectivity index (χ4n) is 2.45. The molecule has 0 N–H and O–H groups in total. The summed E-state index contributed by atoms with van der Waals surface area (Å²) in [5.74, 6) is -0.202. The van der Waals surface area contributed by atoms with Crippen LogP contribution in [0, 0.1) is 5.92 Å². The Balaban J connectivity index is 2.29. The summed E-state index contributed by atoms with van der Waals surface area (Å²) in [5, 5.41) is 0. The van der Waals surface area contributed by atoms with Crippen LogP contribution < -0.4 is 0 Å². The van der Waals surface area contributed by atoms with Crippen LogP contribution in [0.25, 0.3) is 0 Å². The number of hydrogen-bond acceptors (Lipinski definition) is 0. The van der Waals surface area contributed by atoms with Crippen molar-refractivity contribution in [3.8, 4) is 0 Å². The van der Waals surface area contributed by atoms with E-state index in [1.807, 2.05) is 18.2 Å². The molecule has 112 valence electrons. The van der Waals surface area contributed by atoms with Crippen LogP contribution in [0.5, 0.6) is 0 Å². The molecule has 0 aliphatic heterocycles. The first-order valence-corrected chi connectivity index (χ1v) is 8.61. The fraction of sp³-hybridized carbons (Fsp3) is 0.538. The second-order valence-electron chi connectivity index (χ2n) is 4.90. The Morgan fingerprint density at radius 1 is 0.850 bits per heavy atom. The van der Waals surface area contributed by atoms with Crippen LogP contribution in [0.3, 0.4) is 0 Å². The van der Waals surface area contributed by atoms with Gasteiger partial charge in [0.2, 0.25) is 3.79 Å². The molecule has 7 heteroatoms. The summed E-state index contributed by atoms with van der Waals surface area (Å²) < 4.78 is -5.48. The number of halogens is 7. The van der Waals surface area contributed by atoms with Crippen LogP contribution in [0.2, 0.25) is 0 Å². The largest absolute Gasteiger partial charge is 0.226 e. The SMILES string of the molecule is ClC(Cl)(Cl)C(Cl)(Cl)C(Cl)(Cl)C1CCc2ccccc2C1. The van der Waals surface area contributed by atoms with Crippen molar-refractivity contribution in [3.05, 3.63) is 35.4 Å². The van der Waals surface area contributed by atoms with Crippen LogP contribution in [-0.4, -0.2) is 12.5 Å². The van der Waals surface area contributed by atoms with Crippen LogP contribution in [0.15, 0.2) is 24.3 Å². The Kier molecular flexibility index (Phi) is 5.31. The third kappa shape index (κ3) is 3.13. The van der Waals surface area contributed by atoms with Crippen LogP contribution >= 0.6 is 81.2 Å². The second kappa shape index (κ2) is 6.04. The average molecular weight is 415 g/mol. The topological polar surface area (TPSA) is 0 Å². The van der Waals surface area contributed by atoms with Gasteiger partial charge in [-0.15, -0.1) is 0 Å². The van der Waals surface area contributed by atoms with Crippen LogP contribution in [0.1, 0.15) is 17.5 Å². The Hall–Kier alpha value is 1.25. The van der Waals surface area contributed by atoms with Gasteiger partial charge in [0.1, 0.15) is 0 Å². The first kappa shape index (κ1) is 17.6. The molecule has 0 nitrogen and oxygen atoms in total. The Morgan fingerprint density at radius 2 is 1.40 bits per heavy atom. The van der Waals surface area contributed by atoms with Crippen molar-refractivity contribution in [1.29, 1.82) is 0 Å². The molecule has 1 aromatic rings. The van der Waals surface area contributed by atoms with Gasteiger partial charge < -0.3 is 0 Å². The number of fused-ring (bicyclic) bond motifs is 1. The van der Waals surface area contributed by atoms with Gasteiger partial charge in [0.15, 0.2) is 8.67 Å². The van der Waals surface area contributed by atoms with Gasteiger partial charge in [0.05, 0.1) is 0 Å². The van der Waals surface area contributed by atoms with Crippen molar-refractivity contribution < 1.29 is 0 Å². The maximum Gasteiger partial charge on any atom is 0.226 e. The van der Waals surface area contributed by atoms with Gasteiger partial charge in [0, 0.05) is 0 Å². The van der Waals surface area contributed by atoms with Crippen molar-refractivity contribution in [2.75, 3.05) is 0 Å². The van der Waals surface area contributed by atoms with Crippen molar-refractivity contribution in [3.63, 3.8) is 0 Å². The molecule has 0 fully saturated rings. The van der Waals surface area contributed by atoms with Crippen molar-refractivity contribution >= 4 is 81.2 Å². The Morgan fingerprint density at radius 3 is 1.95 bits per heavy atom. The number of aryl methyl sites for hydroxylation is 1. The zero-order valence-corrected chi connectivity index (χ0v) is 15.4. The number of benzene rings is 1. The highest BCUT2D eigenvalue weighted by atomic mass is 35.6. The van der Waals surface area contributed by atoms with E-state index in [4.69, 9.17) is 81.2 Å². The maximum atomic E-state index is 6.41. The molecule has 1 aliphatic rings. The van der Waals surface area contributed by atoms with E-state index in [-0.39, 0.29) is 5.92 Å². The number of alkyl halides is 7. The molecule has 1 unspecified atom stereocenters. The minimum atomic E-state index is -1.99. The molecule has 0 bridgehead atoms. The third-order valence-corrected chi connectivity index (χ3v) is 7.80. The lowest BCUT2D eigenvalue weighted by Crippen LogP contribution is -2.52. The first-order chi connectivity index (χ1) is 9.07. The molecule has 0 radical (unpaired) electrons. The predicted molar refractivity (Wildman–Crippen MR) is 91.1 cm³/mol. The first-order valence-electron chi connectivity index (χ1n) is 5.96. The summed E-state index contributed by atoms with van der Waals surface area (Å²) in [5.41, 5.74) is 2.44. The van der Waals surface area contributed by atoms with Crippen molar-refractivity contribution in [2.24, 2.45) is 5.92 Å². The molecule has 1 aromatic carbocycles. The molecule has 1 atom stereocenters. The lowest BCUT2D eigenvalue weighted by Gasteiger charge is -2.43. The van der Waals surface area contributed by atoms with E-state index in [2.05, 4.69) is 6.07 Å². The lowest BCUT2D eigenvalue weighted by atomic mass is 9.81. The average Bonchev–Trinajstić information content (AvgIpc) is 2.36. The standard InChI is InChI=1S/C13H11Cl7/c14-11(15,12(16,17)13(18,19)20)10-6-5-8-3-1-2-4-9(8)7-10/h1-4,10H,5-7H2. The van der Waals surface area contributed by atoms with Crippen LogP contribution in [0.4, 0.5) is 0 Å². The van der Waals surface area contributed by atoms with Gasteiger partial charge in [-0.3, -0.25) is 0 Å². The van der Waals surface area contributed by atoms with Gasteiger partial charge in [-0.2, -0.15) is 0 Å². The Labute approximate surface area is 153 Å². The van der Waals surface area contributed by atoms with Crippen LogP contribution in [-0.2, 0) is 12.8 Å². The Bertz CT molecular complexity index is 490. The zero-order valence-electron chi connectivity index (χ0n) is 10.2. The fourth-order valence-corrected chi connectivity index (χ4v) is 4.15. The van der Waals surface area contributed by atoms with E-state index in [1.54, 1.807) is 0 Å². The summed E-state index contributed by atoms with van der Waals surface area (Å²) in [7, 11) is 0. The molecule has 0 amide bonds. The highest BCUT2D eigenvalue weighted by Gasteiger charge is 2.62. The summed E-state index contributed by atoms with van der Waals surface area (Å²) in [6.45, 7) is 0. The minimum absolute atomic E-state index is 0.202. The number of rotatable bonds is 2. The lowest BCUT2D eigenvalue weighted by molar-refractivity contribution is 0.381. The van der Waals surface area contributed by atoms with Gasteiger partial charge in [0.25, 0.3) is 0 Å². The smallest absolute Gasteiger partial charge is 0.0978 e. The number of hydrogen-bond donors (Lipinski definition) is 0. The summed E-state index contributed by atoms with van der Waals surface area (Å²) in [6, 6.07) is 8.08. The summed E-state index contributed by atoms with van der Waals surface area (Å²) in [6.07, 6.45) is 2.21. The summed E-state index contributed by atoms with van der Waals surface area (Å²) in [4.78, 5) is 0. The molecular weight excluding hydrogens is 404 g/mol. The summed E-state index contributed by atoms with van der Waals surface area (Å²) >= 11 is 42.6. The molecular formula is C13H11Cl7. The third-order valence-electron chi connectivity index (χ3n) is 3.63. The van der Waals surface area contributed by atoms with Gasteiger partial charge in [-0.05, 0) is 36.3 Å². The predicted octanol–water partition coefficient (Wildman–Crippen LogP) is 6.51. The minimum Gasteiger partial charge on any atom is -0.0978 e. The quantitative estimate of drug-likeness (QED) is 0.483. The maximum absolute atomic E-state index is 6.41. The van der Waals surface area contributed by atoms with Gasteiger partial charge in [-0.25, -0.2) is 0 Å². The monoisotopic (exact) mass is 412 g/mol. The van der Waals surface area contributed by atoms with E-state index < -0.39 is 12.5 Å². The molecule has 0 saturated heterocycles. The highest BCUT2D eigenvalue weighted by Crippen LogP contribution is 2.60. The normalized spacial score (nSPS) is 20.6. The van der Waals surface area contributed by atoms with E-state index in [0.29, 0.717) is 6.42 Å². The second-order valence-corrected chi connectivity index (χ2v) is 9.90. The highest BCUT2D eigenvalue weighted by molar-refractivity contribution is 6.78. The van der Waals surface area contributed by atoms with E-state index in [1.165, 1.54) is 11.1 Å². The van der Waals surface area contributed by atoms with Gasteiger partial charge in [-0.1, -0.05) is 105 Å². The molecule has 0 heterocycles. The zero-order chi connectivity index (χ0) is 15.2. The van der Waals surface area contributed by atoms with E-state index in [0.717, 1.165) is 12.8 Å². The molecule has 0 saturated carbocycles. The molecule has 0 spiro atoms. The molecule has 20 heavy (non-hydrogen) atoms. The molecule has 0 aromatic heterocycles.